The van der Waals surface area contributed by atoms with Crippen LogP contribution in [-0.2, 0) is 16.0 Å². The Morgan fingerprint density at radius 1 is 1.21 bits per heavy atom. The van der Waals surface area contributed by atoms with E-state index in [9.17, 15) is 4.79 Å². The smallest absolute Gasteiger partial charge is 0.224 e. The molecule has 1 heterocycles. The number of hydrogen-bond donors (Lipinski definition) is 1. The number of amides is 1. The number of aryl methyl sites for hydroxylation is 1. The summed E-state index contributed by atoms with van der Waals surface area (Å²) < 4.78 is 5.30. The quantitative estimate of drug-likeness (QED) is 0.795. The van der Waals surface area contributed by atoms with Gasteiger partial charge in [-0.25, -0.2) is 0 Å². The SMILES string of the molecule is CCCc1ccc(C(NCCC(=O)N2CCOCC2)C(C)C)cc1. The molecule has 1 amide bonds. The van der Waals surface area contributed by atoms with Crippen LogP contribution in [-0.4, -0.2) is 43.7 Å². The first kappa shape index (κ1) is 18.9. The summed E-state index contributed by atoms with van der Waals surface area (Å²) in [5.74, 6) is 0.715. The number of benzene rings is 1. The third-order valence-electron chi connectivity index (χ3n) is 4.61. The fraction of sp³-hybridized carbons (Fsp3) is 0.650. The van der Waals surface area contributed by atoms with Gasteiger partial charge in [0.15, 0.2) is 0 Å². The second-order valence-corrected chi connectivity index (χ2v) is 6.91. The second kappa shape index (κ2) is 9.80. The molecular weight excluding hydrogens is 300 g/mol. The van der Waals surface area contributed by atoms with E-state index in [0.29, 0.717) is 25.6 Å². The lowest BCUT2D eigenvalue weighted by Gasteiger charge is -2.28. The molecule has 1 aromatic rings. The van der Waals surface area contributed by atoms with E-state index in [0.717, 1.165) is 26.1 Å². The highest BCUT2D eigenvalue weighted by Gasteiger charge is 2.19. The van der Waals surface area contributed by atoms with Crippen molar-refractivity contribution in [1.82, 2.24) is 10.2 Å². The summed E-state index contributed by atoms with van der Waals surface area (Å²) in [6, 6.07) is 9.21. The van der Waals surface area contributed by atoms with Crippen molar-refractivity contribution in [1.29, 1.82) is 0 Å². The van der Waals surface area contributed by atoms with Crippen molar-refractivity contribution in [3.8, 4) is 0 Å². The first-order chi connectivity index (χ1) is 11.6. The van der Waals surface area contributed by atoms with Crippen molar-refractivity contribution in [2.24, 2.45) is 5.92 Å². The summed E-state index contributed by atoms with van der Waals surface area (Å²) in [4.78, 5) is 14.1. The van der Waals surface area contributed by atoms with Crippen molar-refractivity contribution < 1.29 is 9.53 Å². The highest BCUT2D eigenvalue weighted by molar-refractivity contribution is 5.76. The Hall–Kier alpha value is -1.39. The van der Waals surface area contributed by atoms with E-state index in [1.54, 1.807) is 0 Å². The Morgan fingerprint density at radius 2 is 1.88 bits per heavy atom. The summed E-state index contributed by atoms with van der Waals surface area (Å²) in [7, 11) is 0. The summed E-state index contributed by atoms with van der Waals surface area (Å²) >= 11 is 0. The van der Waals surface area contributed by atoms with Gasteiger partial charge < -0.3 is 15.0 Å². The normalized spacial score (nSPS) is 16.4. The lowest BCUT2D eigenvalue weighted by Crippen LogP contribution is -2.42. The van der Waals surface area contributed by atoms with Gasteiger partial charge in [-0.2, -0.15) is 0 Å². The number of nitrogens with one attached hydrogen (secondary N) is 1. The molecule has 1 aliphatic rings. The molecule has 1 aromatic carbocycles. The van der Waals surface area contributed by atoms with E-state index in [4.69, 9.17) is 4.74 Å². The Kier molecular flexibility index (Phi) is 7.73. The minimum atomic E-state index is 0.228. The number of carbonyl (C=O) groups is 1. The van der Waals surface area contributed by atoms with E-state index in [1.807, 2.05) is 4.90 Å². The standard InChI is InChI=1S/C20H32N2O2/c1-4-5-17-6-8-18(9-7-17)20(16(2)3)21-11-10-19(23)22-12-14-24-15-13-22/h6-9,16,20-21H,4-5,10-15H2,1-3H3. The highest BCUT2D eigenvalue weighted by Crippen LogP contribution is 2.22. The van der Waals surface area contributed by atoms with E-state index in [2.05, 4.69) is 50.4 Å². The number of hydrogen-bond acceptors (Lipinski definition) is 3. The van der Waals surface area contributed by atoms with Gasteiger partial charge in [-0.1, -0.05) is 51.5 Å². The largest absolute Gasteiger partial charge is 0.378 e. The van der Waals surface area contributed by atoms with Crippen molar-refractivity contribution in [3.63, 3.8) is 0 Å². The maximum absolute atomic E-state index is 12.2. The van der Waals surface area contributed by atoms with Gasteiger partial charge in [0.05, 0.1) is 13.2 Å². The topological polar surface area (TPSA) is 41.6 Å². The van der Waals surface area contributed by atoms with Crippen molar-refractivity contribution in [2.45, 2.75) is 46.1 Å². The molecule has 1 unspecified atom stereocenters. The highest BCUT2D eigenvalue weighted by atomic mass is 16.5. The number of nitrogens with zero attached hydrogens (tertiary/aromatic N) is 1. The van der Waals surface area contributed by atoms with E-state index >= 15 is 0 Å². The summed E-state index contributed by atoms with van der Waals surface area (Å²) in [5.41, 5.74) is 2.70. The van der Waals surface area contributed by atoms with E-state index in [1.165, 1.54) is 17.5 Å². The van der Waals surface area contributed by atoms with Gasteiger partial charge in [0, 0.05) is 32.1 Å². The van der Waals surface area contributed by atoms with Crippen LogP contribution in [0.1, 0.15) is 50.8 Å². The van der Waals surface area contributed by atoms with Gasteiger partial charge in [-0.15, -0.1) is 0 Å². The van der Waals surface area contributed by atoms with Crippen LogP contribution in [0, 0.1) is 5.92 Å². The fourth-order valence-corrected chi connectivity index (χ4v) is 3.22. The first-order valence-corrected chi connectivity index (χ1v) is 9.29. The molecule has 0 aliphatic carbocycles. The van der Waals surface area contributed by atoms with Gasteiger partial charge >= 0.3 is 0 Å². The van der Waals surface area contributed by atoms with Crippen molar-refractivity contribution in [3.05, 3.63) is 35.4 Å². The zero-order valence-corrected chi connectivity index (χ0v) is 15.4. The van der Waals surface area contributed by atoms with Crippen LogP contribution >= 0.6 is 0 Å². The first-order valence-electron chi connectivity index (χ1n) is 9.29. The van der Waals surface area contributed by atoms with Crippen LogP contribution < -0.4 is 5.32 Å². The maximum atomic E-state index is 12.2. The van der Waals surface area contributed by atoms with E-state index < -0.39 is 0 Å². The Bertz CT molecular complexity index is 493. The average molecular weight is 332 g/mol. The predicted molar refractivity (Wildman–Crippen MR) is 98.0 cm³/mol. The number of rotatable bonds is 8. The van der Waals surface area contributed by atoms with Gasteiger partial charge in [-0.3, -0.25) is 4.79 Å². The minimum absolute atomic E-state index is 0.228. The molecule has 0 aromatic heterocycles. The molecule has 0 saturated carbocycles. The lowest BCUT2D eigenvalue weighted by atomic mass is 9.94. The molecule has 0 spiro atoms. The van der Waals surface area contributed by atoms with E-state index in [-0.39, 0.29) is 11.9 Å². The molecule has 1 saturated heterocycles. The van der Waals surface area contributed by atoms with Crippen LogP contribution in [0.4, 0.5) is 0 Å². The number of morpholine rings is 1. The Morgan fingerprint density at radius 3 is 2.46 bits per heavy atom. The molecule has 0 bridgehead atoms. The van der Waals surface area contributed by atoms with Crippen LogP contribution in [0.3, 0.4) is 0 Å². The predicted octanol–water partition coefficient (Wildman–Crippen LogP) is 3.17. The Balaban J connectivity index is 1.85. The van der Waals surface area contributed by atoms with Crippen molar-refractivity contribution in [2.75, 3.05) is 32.8 Å². The molecule has 2 rings (SSSR count). The van der Waals surface area contributed by atoms with Crippen LogP contribution in [0.25, 0.3) is 0 Å². The monoisotopic (exact) mass is 332 g/mol. The third-order valence-corrected chi connectivity index (χ3v) is 4.61. The summed E-state index contributed by atoms with van der Waals surface area (Å²) in [6.45, 7) is 10.2. The maximum Gasteiger partial charge on any atom is 0.224 e. The second-order valence-electron chi connectivity index (χ2n) is 6.91. The van der Waals surface area contributed by atoms with Crippen LogP contribution in [0.2, 0.25) is 0 Å². The molecule has 0 radical (unpaired) electrons. The zero-order chi connectivity index (χ0) is 17.4. The van der Waals surface area contributed by atoms with Crippen molar-refractivity contribution >= 4 is 5.91 Å². The van der Waals surface area contributed by atoms with Gasteiger partial charge in [0.2, 0.25) is 5.91 Å². The number of carbonyl (C=O) groups excluding carboxylic acids is 1. The zero-order valence-electron chi connectivity index (χ0n) is 15.4. The number of ether oxygens (including phenoxy) is 1. The molecule has 1 N–H and O–H groups in total. The third kappa shape index (κ3) is 5.60. The molecule has 4 heteroatoms. The summed E-state index contributed by atoms with van der Waals surface area (Å²) in [6.07, 6.45) is 2.86. The molecule has 1 fully saturated rings. The molecule has 1 aliphatic heterocycles. The lowest BCUT2D eigenvalue weighted by molar-refractivity contribution is -0.135. The van der Waals surface area contributed by atoms with Gasteiger partial charge in [0.1, 0.15) is 0 Å². The molecule has 4 nitrogen and oxygen atoms in total. The van der Waals surface area contributed by atoms with Crippen LogP contribution in [0.15, 0.2) is 24.3 Å². The molecule has 1 atom stereocenters. The molecular formula is C20H32N2O2. The molecule has 134 valence electrons. The minimum Gasteiger partial charge on any atom is -0.378 e. The molecule has 24 heavy (non-hydrogen) atoms. The van der Waals surface area contributed by atoms with Crippen LogP contribution in [0.5, 0.6) is 0 Å². The summed E-state index contributed by atoms with van der Waals surface area (Å²) in [5, 5.41) is 3.58. The Labute approximate surface area is 146 Å². The fourth-order valence-electron chi connectivity index (χ4n) is 3.22. The van der Waals surface area contributed by atoms with Gasteiger partial charge in [0.25, 0.3) is 0 Å². The average Bonchev–Trinajstić information content (AvgIpc) is 2.60. The van der Waals surface area contributed by atoms with Gasteiger partial charge in [-0.05, 0) is 23.5 Å².